The summed E-state index contributed by atoms with van der Waals surface area (Å²) in [6.45, 7) is 3.42. The van der Waals surface area contributed by atoms with Crippen molar-refractivity contribution in [1.82, 2.24) is 4.90 Å². The number of hydrogen-bond donors (Lipinski definition) is 1. The number of carbonyl (C=O) groups excluding carboxylic acids is 2. The maximum absolute atomic E-state index is 11.9. The predicted octanol–water partition coefficient (Wildman–Crippen LogP) is 2.00. The number of imide groups is 1. The molecule has 0 aliphatic carbocycles. The Balaban J connectivity index is 4.10. The fourth-order valence-electron chi connectivity index (χ4n) is 1.88. The minimum Gasteiger partial charge on any atom is -0.286 e. The molecule has 0 aliphatic heterocycles. The SMILES string of the molecule is CCCCCCCC(=O)N(CCCS(=O)(=O)O)C(C)=O. The molecule has 118 valence electrons. The van der Waals surface area contributed by atoms with Crippen LogP contribution in [-0.4, -0.2) is 42.0 Å². The van der Waals surface area contributed by atoms with Crippen LogP contribution in [0, 0.1) is 0 Å². The summed E-state index contributed by atoms with van der Waals surface area (Å²) < 4.78 is 29.8. The van der Waals surface area contributed by atoms with E-state index in [-0.39, 0.29) is 24.8 Å². The van der Waals surface area contributed by atoms with E-state index < -0.39 is 15.9 Å². The van der Waals surface area contributed by atoms with Crippen LogP contribution in [0.5, 0.6) is 0 Å². The molecule has 1 N–H and O–H groups in total. The van der Waals surface area contributed by atoms with Gasteiger partial charge in [-0.05, 0) is 12.8 Å². The van der Waals surface area contributed by atoms with E-state index in [1.165, 1.54) is 6.92 Å². The molecule has 0 atom stereocenters. The molecule has 0 aromatic rings. The van der Waals surface area contributed by atoms with Crippen molar-refractivity contribution in [3.8, 4) is 0 Å². The molecule has 0 saturated carbocycles. The van der Waals surface area contributed by atoms with Crippen molar-refractivity contribution in [2.75, 3.05) is 12.3 Å². The molecule has 6 nitrogen and oxygen atoms in total. The van der Waals surface area contributed by atoms with Gasteiger partial charge in [0.2, 0.25) is 11.8 Å². The van der Waals surface area contributed by atoms with Crippen molar-refractivity contribution in [2.24, 2.45) is 0 Å². The van der Waals surface area contributed by atoms with E-state index in [1.54, 1.807) is 0 Å². The third kappa shape index (κ3) is 9.91. The lowest BCUT2D eigenvalue weighted by Gasteiger charge is -2.18. The van der Waals surface area contributed by atoms with Crippen LogP contribution in [0.2, 0.25) is 0 Å². The lowest BCUT2D eigenvalue weighted by molar-refractivity contribution is -0.143. The largest absolute Gasteiger partial charge is 0.286 e. The summed E-state index contributed by atoms with van der Waals surface area (Å²) in [7, 11) is -4.05. The Kier molecular flexibility index (Phi) is 9.41. The van der Waals surface area contributed by atoms with Crippen molar-refractivity contribution in [3.05, 3.63) is 0 Å². The summed E-state index contributed by atoms with van der Waals surface area (Å²) in [5, 5.41) is 0. The highest BCUT2D eigenvalue weighted by Crippen LogP contribution is 2.08. The fraction of sp³-hybridized carbons (Fsp3) is 0.846. The van der Waals surface area contributed by atoms with Gasteiger partial charge in [0, 0.05) is 19.9 Å². The lowest BCUT2D eigenvalue weighted by Crippen LogP contribution is -2.36. The number of hydrogen-bond acceptors (Lipinski definition) is 4. The number of unbranched alkanes of at least 4 members (excludes halogenated alkanes) is 4. The molecule has 0 radical (unpaired) electrons. The number of carbonyl (C=O) groups is 2. The quantitative estimate of drug-likeness (QED) is 0.492. The number of nitrogens with zero attached hydrogens (tertiary/aromatic N) is 1. The van der Waals surface area contributed by atoms with Crippen LogP contribution in [-0.2, 0) is 19.7 Å². The van der Waals surface area contributed by atoms with Crippen molar-refractivity contribution >= 4 is 21.9 Å². The van der Waals surface area contributed by atoms with Crippen LogP contribution in [0.25, 0.3) is 0 Å². The first-order valence-electron chi connectivity index (χ1n) is 7.04. The Morgan fingerprint density at radius 1 is 1.05 bits per heavy atom. The van der Waals surface area contributed by atoms with Crippen LogP contribution in [0.1, 0.15) is 58.8 Å². The van der Waals surface area contributed by atoms with Gasteiger partial charge in [-0.25, -0.2) is 0 Å². The molecule has 0 spiro atoms. The fourth-order valence-corrected chi connectivity index (χ4v) is 2.37. The highest BCUT2D eigenvalue weighted by atomic mass is 32.2. The minimum absolute atomic E-state index is 0.0307. The van der Waals surface area contributed by atoms with E-state index in [4.69, 9.17) is 4.55 Å². The zero-order valence-corrected chi connectivity index (χ0v) is 13.1. The van der Waals surface area contributed by atoms with Gasteiger partial charge < -0.3 is 0 Å². The van der Waals surface area contributed by atoms with Crippen LogP contribution in [0.4, 0.5) is 0 Å². The lowest BCUT2D eigenvalue weighted by atomic mass is 10.1. The molecular formula is C13H25NO5S. The average molecular weight is 307 g/mol. The van der Waals surface area contributed by atoms with Gasteiger partial charge in [0.25, 0.3) is 10.1 Å². The summed E-state index contributed by atoms with van der Waals surface area (Å²) in [6, 6.07) is 0. The normalized spacial score (nSPS) is 11.3. The van der Waals surface area contributed by atoms with Gasteiger partial charge in [0.15, 0.2) is 0 Å². The Labute approximate surface area is 121 Å². The predicted molar refractivity (Wildman–Crippen MR) is 76.8 cm³/mol. The highest BCUT2D eigenvalue weighted by molar-refractivity contribution is 7.85. The maximum atomic E-state index is 11.9. The van der Waals surface area contributed by atoms with Gasteiger partial charge in [-0.3, -0.25) is 19.0 Å². The average Bonchev–Trinajstić information content (AvgIpc) is 2.32. The summed E-state index contributed by atoms with van der Waals surface area (Å²) in [5.41, 5.74) is 0. The molecule has 0 fully saturated rings. The molecule has 20 heavy (non-hydrogen) atoms. The molecule has 2 amide bonds. The molecule has 0 bridgehead atoms. The van der Waals surface area contributed by atoms with Crippen LogP contribution < -0.4 is 0 Å². The molecule has 0 aromatic heterocycles. The van der Waals surface area contributed by atoms with E-state index >= 15 is 0 Å². The van der Waals surface area contributed by atoms with Crippen LogP contribution in [0.3, 0.4) is 0 Å². The second-order valence-corrected chi connectivity index (χ2v) is 6.44. The van der Waals surface area contributed by atoms with E-state index in [0.29, 0.717) is 6.42 Å². The zero-order valence-electron chi connectivity index (χ0n) is 12.3. The first-order valence-corrected chi connectivity index (χ1v) is 8.65. The molecule has 0 aromatic carbocycles. The van der Waals surface area contributed by atoms with E-state index in [9.17, 15) is 18.0 Å². The van der Waals surface area contributed by atoms with Crippen molar-refractivity contribution in [1.29, 1.82) is 0 Å². The highest BCUT2D eigenvalue weighted by Gasteiger charge is 2.18. The molecular weight excluding hydrogens is 282 g/mol. The number of amides is 2. The first kappa shape index (κ1) is 19.1. The van der Waals surface area contributed by atoms with Crippen molar-refractivity contribution in [3.63, 3.8) is 0 Å². The molecule has 0 rings (SSSR count). The molecule has 0 aliphatic rings. The summed E-state index contributed by atoms with van der Waals surface area (Å²) in [6.07, 6.45) is 5.39. The van der Waals surface area contributed by atoms with E-state index in [0.717, 1.165) is 37.0 Å². The van der Waals surface area contributed by atoms with Crippen molar-refractivity contribution in [2.45, 2.75) is 58.8 Å². The molecule has 0 unspecified atom stereocenters. The molecule has 0 saturated heterocycles. The standard InChI is InChI=1S/C13H25NO5S/c1-3-4-5-6-7-9-13(16)14(12(2)15)10-8-11-20(17,18)19/h3-11H2,1-2H3,(H,17,18,19). The monoisotopic (exact) mass is 307 g/mol. The van der Waals surface area contributed by atoms with Gasteiger partial charge >= 0.3 is 0 Å². The molecule has 0 heterocycles. The van der Waals surface area contributed by atoms with Crippen LogP contribution >= 0.6 is 0 Å². The number of rotatable bonds is 10. The second kappa shape index (κ2) is 9.88. The Morgan fingerprint density at radius 2 is 1.65 bits per heavy atom. The Morgan fingerprint density at radius 3 is 2.15 bits per heavy atom. The van der Waals surface area contributed by atoms with Gasteiger partial charge in [-0.1, -0.05) is 32.6 Å². The van der Waals surface area contributed by atoms with Crippen LogP contribution in [0.15, 0.2) is 0 Å². The van der Waals surface area contributed by atoms with Crippen molar-refractivity contribution < 1.29 is 22.6 Å². The second-order valence-electron chi connectivity index (χ2n) is 4.87. The van der Waals surface area contributed by atoms with Gasteiger partial charge in [-0.2, -0.15) is 8.42 Å². The Bertz CT molecular complexity index is 405. The maximum Gasteiger partial charge on any atom is 0.264 e. The van der Waals surface area contributed by atoms with Gasteiger partial charge in [0.05, 0.1) is 5.75 Å². The van der Waals surface area contributed by atoms with Gasteiger partial charge in [0.1, 0.15) is 0 Å². The Hall–Kier alpha value is -0.950. The smallest absolute Gasteiger partial charge is 0.264 e. The zero-order chi connectivity index (χ0) is 15.6. The van der Waals surface area contributed by atoms with E-state index in [2.05, 4.69) is 6.92 Å². The summed E-state index contributed by atoms with van der Waals surface area (Å²) in [5.74, 6) is -1.11. The van der Waals surface area contributed by atoms with Gasteiger partial charge in [-0.15, -0.1) is 0 Å². The topological polar surface area (TPSA) is 91.8 Å². The summed E-state index contributed by atoms with van der Waals surface area (Å²) >= 11 is 0. The van der Waals surface area contributed by atoms with E-state index in [1.807, 2.05) is 0 Å². The third-order valence-corrected chi connectivity index (χ3v) is 3.76. The third-order valence-electron chi connectivity index (χ3n) is 2.96. The minimum atomic E-state index is -4.05. The summed E-state index contributed by atoms with van der Waals surface area (Å²) in [4.78, 5) is 24.3. The first-order chi connectivity index (χ1) is 9.28. The molecule has 7 heteroatoms.